The number of likely N-dealkylation sites (tertiary alicyclic amines) is 1. The van der Waals surface area contributed by atoms with E-state index in [4.69, 9.17) is 12.2 Å². The van der Waals surface area contributed by atoms with Gasteiger partial charge in [0.15, 0.2) is 4.77 Å². The molecule has 1 aliphatic heterocycles. The lowest BCUT2D eigenvalue weighted by atomic mass is 9.94. The summed E-state index contributed by atoms with van der Waals surface area (Å²) in [5.74, 6) is 1.44. The van der Waals surface area contributed by atoms with Crippen molar-refractivity contribution in [3.63, 3.8) is 0 Å². The molecule has 1 aliphatic carbocycles. The van der Waals surface area contributed by atoms with Crippen molar-refractivity contribution < 1.29 is 4.79 Å². The predicted molar refractivity (Wildman–Crippen MR) is 104 cm³/mol. The van der Waals surface area contributed by atoms with Crippen LogP contribution in [0.4, 0.5) is 0 Å². The van der Waals surface area contributed by atoms with Gasteiger partial charge in [-0.25, -0.2) is 0 Å². The molecule has 2 fully saturated rings. The van der Waals surface area contributed by atoms with Crippen LogP contribution in [-0.2, 0) is 0 Å². The number of H-pyrrole nitrogens is 1. The zero-order chi connectivity index (χ0) is 18.4. The van der Waals surface area contributed by atoms with Crippen LogP contribution in [0.5, 0.6) is 0 Å². The van der Waals surface area contributed by atoms with Crippen LogP contribution < -0.4 is 0 Å². The number of nitrogens with zero attached hydrogens (tertiary/aromatic N) is 3. The minimum absolute atomic E-state index is 0.150. The van der Waals surface area contributed by atoms with Crippen LogP contribution in [0.25, 0.3) is 0 Å². The fourth-order valence-electron chi connectivity index (χ4n) is 4.34. The first-order valence-corrected chi connectivity index (χ1v) is 9.90. The molecule has 1 aromatic heterocycles. The molecule has 1 saturated carbocycles. The third-order valence-corrected chi connectivity index (χ3v) is 5.90. The number of benzene rings is 1. The highest BCUT2D eigenvalue weighted by Crippen LogP contribution is 2.38. The molecule has 1 N–H and O–H groups in total. The van der Waals surface area contributed by atoms with Crippen LogP contribution in [0.2, 0.25) is 0 Å². The average Bonchev–Trinajstić information content (AvgIpc) is 3.36. The molecule has 138 valence electrons. The SMILES string of the molecule is Cc1cc(C)c(C(=O)N2CCCC(c3n[nH]c(=S)n3C3CC3)C2)c(C)c1. The van der Waals surface area contributed by atoms with Crippen molar-refractivity contribution in [2.75, 3.05) is 13.1 Å². The number of piperidine rings is 1. The fraction of sp³-hybridized carbons (Fsp3) is 0.550. The number of carbonyl (C=O) groups excluding carboxylic acids is 1. The van der Waals surface area contributed by atoms with E-state index in [0.717, 1.165) is 53.2 Å². The average molecular weight is 371 g/mol. The molecule has 0 bridgehead atoms. The van der Waals surface area contributed by atoms with Crippen LogP contribution in [0, 0.1) is 25.5 Å². The van der Waals surface area contributed by atoms with E-state index in [0.29, 0.717) is 6.04 Å². The number of hydrogen-bond acceptors (Lipinski definition) is 3. The summed E-state index contributed by atoms with van der Waals surface area (Å²) in [6.45, 7) is 7.68. The Labute approximate surface area is 159 Å². The topological polar surface area (TPSA) is 53.9 Å². The van der Waals surface area contributed by atoms with Crippen LogP contribution in [-0.4, -0.2) is 38.7 Å². The Morgan fingerprint density at radius 2 is 1.88 bits per heavy atom. The summed E-state index contributed by atoms with van der Waals surface area (Å²) >= 11 is 5.43. The Morgan fingerprint density at radius 1 is 1.19 bits per heavy atom. The Morgan fingerprint density at radius 3 is 2.54 bits per heavy atom. The van der Waals surface area contributed by atoms with Crippen molar-refractivity contribution in [3.05, 3.63) is 45.0 Å². The van der Waals surface area contributed by atoms with Crippen molar-refractivity contribution in [2.24, 2.45) is 0 Å². The molecule has 1 aromatic carbocycles. The Hall–Kier alpha value is -1.95. The lowest BCUT2D eigenvalue weighted by Gasteiger charge is -2.33. The Bertz CT molecular complexity index is 886. The van der Waals surface area contributed by atoms with E-state index in [1.165, 1.54) is 18.4 Å². The molecule has 1 unspecified atom stereocenters. The highest BCUT2D eigenvalue weighted by atomic mass is 32.1. The summed E-state index contributed by atoms with van der Waals surface area (Å²) in [6, 6.07) is 4.70. The number of rotatable bonds is 3. The minimum Gasteiger partial charge on any atom is -0.338 e. The molecule has 2 aromatic rings. The lowest BCUT2D eigenvalue weighted by molar-refractivity contribution is 0.0701. The molecule has 2 aliphatic rings. The summed E-state index contributed by atoms with van der Waals surface area (Å²) in [4.78, 5) is 15.2. The maximum Gasteiger partial charge on any atom is 0.254 e. The summed E-state index contributed by atoms with van der Waals surface area (Å²) < 4.78 is 2.91. The molecule has 2 heterocycles. The van der Waals surface area contributed by atoms with Gasteiger partial charge < -0.3 is 9.47 Å². The molecule has 6 heteroatoms. The third-order valence-electron chi connectivity index (χ3n) is 5.61. The van der Waals surface area contributed by atoms with Gasteiger partial charge in [0.05, 0.1) is 0 Å². The van der Waals surface area contributed by atoms with Gasteiger partial charge in [-0.05, 0) is 69.8 Å². The van der Waals surface area contributed by atoms with Gasteiger partial charge >= 0.3 is 0 Å². The first kappa shape index (κ1) is 17.5. The molecular weight excluding hydrogens is 344 g/mol. The van der Waals surface area contributed by atoms with Gasteiger partial charge in [-0.2, -0.15) is 5.10 Å². The van der Waals surface area contributed by atoms with Crippen molar-refractivity contribution in [3.8, 4) is 0 Å². The van der Waals surface area contributed by atoms with Crippen LogP contribution in [0.15, 0.2) is 12.1 Å². The van der Waals surface area contributed by atoms with E-state index in [2.05, 4.69) is 33.8 Å². The monoisotopic (exact) mass is 370 g/mol. The largest absolute Gasteiger partial charge is 0.338 e. The number of carbonyl (C=O) groups is 1. The summed E-state index contributed by atoms with van der Waals surface area (Å²) in [6.07, 6.45) is 4.42. The zero-order valence-electron chi connectivity index (χ0n) is 15.7. The molecular formula is C20H26N4OS. The maximum absolute atomic E-state index is 13.2. The smallest absolute Gasteiger partial charge is 0.254 e. The van der Waals surface area contributed by atoms with E-state index >= 15 is 0 Å². The van der Waals surface area contributed by atoms with Crippen molar-refractivity contribution >= 4 is 18.1 Å². The second-order valence-electron chi connectivity index (χ2n) is 7.85. The van der Waals surface area contributed by atoms with Crippen molar-refractivity contribution in [1.82, 2.24) is 19.7 Å². The summed E-state index contributed by atoms with van der Waals surface area (Å²) in [5.41, 5.74) is 4.19. The standard InChI is InChI=1S/C20H26N4OS/c1-12-9-13(2)17(14(3)10-12)19(25)23-8-4-5-15(11-23)18-21-22-20(26)24(18)16-6-7-16/h9-10,15-16H,4-8,11H2,1-3H3,(H,22,26). The highest BCUT2D eigenvalue weighted by molar-refractivity contribution is 7.71. The Kier molecular flexibility index (Phi) is 4.47. The van der Waals surface area contributed by atoms with Crippen molar-refractivity contribution in [2.45, 2.75) is 58.4 Å². The quantitative estimate of drug-likeness (QED) is 0.823. The van der Waals surface area contributed by atoms with Gasteiger partial charge in [-0.1, -0.05) is 17.7 Å². The second kappa shape index (κ2) is 6.65. The van der Waals surface area contributed by atoms with Gasteiger partial charge in [0.1, 0.15) is 5.82 Å². The molecule has 5 nitrogen and oxygen atoms in total. The van der Waals surface area contributed by atoms with E-state index in [1.807, 2.05) is 18.7 Å². The Balaban J connectivity index is 1.60. The summed E-state index contributed by atoms with van der Waals surface area (Å²) in [7, 11) is 0. The number of hydrogen-bond donors (Lipinski definition) is 1. The molecule has 1 atom stereocenters. The molecule has 0 radical (unpaired) electrons. The molecule has 1 saturated heterocycles. The number of aromatic amines is 1. The first-order chi connectivity index (χ1) is 12.5. The van der Waals surface area contributed by atoms with Gasteiger partial charge in [0.2, 0.25) is 0 Å². The van der Waals surface area contributed by atoms with E-state index in [1.54, 1.807) is 0 Å². The van der Waals surface area contributed by atoms with Crippen molar-refractivity contribution in [1.29, 1.82) is 0 Å². The lowest BCUT2D eigenvalue weighted by Crippen LogP contribution is -2.40. The number of nitrogens with one attached hydrogen (secondary N) is 1. The molecule has 26 heavy (non-hydrogen) atoms. The van der Waals surface area contributed by atoms with Gasteiger partial charge in [-0.3, -0.25) is 9.89 Å². The van der Waals surface area contributed by atoms with Gasteiger partial charge in [0, 0.05) is 30.6 Å². The number of aromatic nitrogens is 3. The first-order valence-electron chi connectivity index (χ1n) is 9.49. The summed E-state index contributed by atoms with van der Waals surface area (Å²) in [5, 5.41) is 7.49. The van der Waals surface area contributed by atoms with Gasteiger partial charge in [0.25, 0.3) is 5.91 Å². The highest BCUT2D eigenvalue weighted by Gasteiger charge is 2.33. The maximum atomic E-state index is 13.2. The molecule has 0 spiro atoms. The van der Waals surface area contributed by atoms with Gasteiger partial charge in [-0.15, -0.1) is 0 Å². The molecule has 4 rings (SSSR count). The third kappa shape index (κ3) is 3.11. The number of amides is 1. The van der Waals surface area contributed by atoms with Crippen LogP contribution in [0.3, 0.4) is 0 Å². The second-order valence-corrected chi connectivity index (χ2v) is 8.24. The zero-order valence-corrected chi connectivity index (χ0v) is 16.5. The van der Waals surface area contributed by atoms with E-state index in [9.17, 15) is 4.79 Å². The van der Waals surface area contributed by atoms with Crippen LogP contribution in [0.1, 0.15) is 70.5 Å². The van der Waals surface area contributed by atoms with E-state index < -0.39 is 0 Å². The predicted octanol–water partition coefficient (Wildman–Crippen LogP) is 4.22. The fourth-order valence-corrected chi connectivity index (χ4v) is 4.63. The molecule has 1 amide bonds. The van der Waals surface area contributed by atoms with Crippen LogP contribution >= 0.6 is 12.2 Å². The normalized spacial score (nSPS) is 20.4. The number of aryl methyl sites for hydroxylation is 3. The minimum atomic E-state index is 0.150. The van der Waals surface area contributed by atoms with E-state index in [-0.39, 0.29) is 11.8 Å².